The van der Waals surface area contributed by atoms with Crippen LogP contribution in [0.2, 0.25) is 0 Å². The maximum Gasteiger partial charge on any atom is 0.115 e. The van der Waals surface area contributed by atoms with Crippen molar-refractivity contribution in [3.05, 3.63) is 36.5 Å². The lowest BCUT2D eigenvalue weighted by Gasteiger charge is -2.23. The number of unbranched alkanes of at least 4 members (excludes halogenated alkanes) is 1. The van der Waals surface area contributed by atoms with Gasteiger partial charge < -0.3 is 4.90 Å². The molecule has 0 aliphatic carbocycles. The van der Waals surface area contributed by atoms with E-state index < -0.39 is 0 Å². The van der Waals surface area contributed by atoms with E-state index in [0.717, 1.165) is 30.7 Å². The lowest BCUT2D eigenvalue weighted by Crippen LogP contribution is -2.25. The monoisotopic (exact) mass is 241 g/mol. The Kier molecular flexibility index (Phi) is 4.57. The van der Waals surface area contributed by atoms with Gasteiger partial charge in [0.1, 0.15) is 6.20 Å². The van der Waals surface area contributed by atoms with Gasteiger partial charge in [0, 0.05) is 18.5 Å². The Morgan fingerprint density at radius 2 is 1.94 bits per heavy atom. The Morgan fingerprint density at radius 3 is 2.72 bits per heavy atom. The third-order valence-electron chi connectivity index (χ3n) is 3.14. The maximum absolute atomic E-state index is 4.43. The lowest BCUT2D eigenvalue weighted by molar-refractivity contribution is 0.703. The highest BCUT2D eigenvalue weighted by molar-refractivity contribution is 5.81. The number of hydrogen-bond acceptors (Lipinski definition) is 2. The van der Waals surface area contributed by atoms with Crippen LogP contribution in [0.25, 0.3) is 10.9 Å². The fraction of sp³-hybridized carbons (Fsp3) is 0.438. The van der Waals surface area contributed by atoms with E-state index >= 15 is 0 Å². The molecule has 0 saturated heterocycles. The predicted octanol–water partition coefficient (Wildman–Crippen LogP) is 4.05. The largest absolute Gasteiger partial charge is 0.370 e. The topological polar surface area (TPSA) is 16.1 Å². The van der Waals surface area contributed by atoms with Crippen LogP contribution < -0.4 is 4.90 Å². The first kappa shape index (κ1) is 12.9. The number of pyridine rings is 1. The lowest BCUT2D eigenvalue weighted by atomic mass is 10.2. The number of hydrogen-bond donors (Lipinski definition) is 0. The molecule has 1 aromatic heterocycles. The van der Waals surface area contributed by atoms with Crippen molar-refractivity contribution in [2.24, 2.45) is 0 Å². The van der Waals surface area contributed by atoms with Crippen LogP contribution in [0.5, 0.6) is 0 Å². The van der Waals surface area contributed by atoms with Gasteiger partial charge in [0.25, 0.3) is 0 Å². The molecule has 2 aromatic rings. The number of fused-ring (bicyclic) bond motifs is 1. The van der Waals surface area contributed by atoms with Crippen molar-refractivity contribution in [1.29, 1.82) is 0 Å². The van der Waals surface area contributed by atoms with Crippen LogP contribution in [-0.2, 0) is 0 Å². The smallest absolute Gasteiger partial charge is 0.115 e. The van der Waals surface area contributed by atoms with E-state index in [-0.39, 0.29) is 0 Å². The van der Waals surface area contributed by atoms with Crippen molar-refractivity contribution in [2.45, 2.75) is 33.1 Å². The summed E-state index contributed by atoms with van der Waals surface area (Å²) < 4.78 is 0. The minimum absolute atomic E-state index is 1.02. The summed E-state index contributed by atoms with van der Waals surface area (Å²) in [4.78, 5) is 6.82. The summed E-state index contributed by atoms with van der Waals surface area (Å²) in [6.07, 6.45) is 6.78. The van der Waals surface area contributed by atoms with Crippen molar-refractivity contribution in [3.63, 3.8) is 0 Å². The average Bonchev–Trinajstić information content (AvgIpc) is 2.43. The maximum atomic E-state index is 4.43. The van der Waals surface area contributed by atoms with Gasteiger partial charge in [-0.2, -0.15) is 0 Å². The molecular formula is C16H21N2. The second kappa shape index (κ2) is 6.39. The fourth-order valence-electron chi connectivity index (χ4n) is 2.14. The van der Waals surface area contributed by atoms with E-state index in [1.807, 2.05) is 12.1 Å². The predicted molar refractivity (Wildman–Crippen MR) is 78.0 cm³/mol. The normalized spacial score (nSPS) is 10.8. The van der Waals surface area contributed by atoms with Crippen LogP contribution in [0, 0.1) is 6.20 Å². The molecule has 18 heavy (non-hydrogen) atoms. The van der Waals surface area contributed by atoms with Crippen molar-refractivity contribution < 1.29 is 0 Å². The molecule has 1 aromatic carbocycles. The third-order valence-corrected chi connectivity index (χ3v) is 3.14. The highest BCUT2D eigenvalue weighted by atomic mass is 15.1. The second-order valence-electron chi connectivity index (χ2n) is 4.65. The van der Waals surface area contributed by atoms with Gasteiger partial charge in [-0.1, -0.05) is 38.5 Å². The molecule has 0 atom stereocenters. The van der Waals surface area contributed by atoms with Gasteiger partial charge in [0.05, 0.1) is 11.2 Å². The highest BCUT2D eigenvalue weighted by Gasteiger charge is 2.06. The van der Waals surface area contributed by atoms with E-state index in [2.05, 4.69) is 48.1 Å². The molecule has 1 radical (unpaired) electrons. The van der Waals surface area contributed by atoms with Crippen LogP contribution in [0.1, 0.15) is 33.1 Å². The quantitative estimate of drug-likeness (QED) is 0.758. The van der Waals surface area contributed by atoms with Crippen molar-refractivity contribution in [1.82, 2.24) is 4.98 Å². The van der Waals surface area contributed by atoms with Crippen LogP contribution in [0.3, 0.4) is 0 Å². The fourth-order valence-corrected chi connectivity index (χ4v) is 2.14. The van der Waals surface area contributed by atoms with Crippen LogP contribution in [0.4, 0.5) is 5.69 Å². The highest BCUT2D eigenvalue weighted by Crippen LogP contribution is 2.19. The third kappa shape index (κ3) is 3.00. The Morgan fingerprint density at radius 1 is 1.11 bits per heavy atom. The molecule has 0 amide bonds. The first-order valence-electron chi connectivity index (χ1n) is 6.87. The van der Waals surface area contributed by atoms with Gasteiger partial charge in [-0.25, -0.2) is 4.98 Å². The van der Waals surface area contributed by atoms with Crippen LogP contribution in [0.15, 0.2) is 30.3 Å². The standard InChI is InChI=1S/C16H21N2/c1-3-5-11-18(10-4-2)15-12-14-8-6-7-9-16(14)17-13-15/h6-9,12H,3-5,10-11H2,1-2H3. The zero-order valence-corrected chi connectivity index (χ0v) is 11.3. The summed E-state index contributed by atoms with van der Waals surface area (Å²) in [5.74, 6) is 0. The Bertz CT molecular complexity index is 493. The Hall–Kier alpha value is -1.57. The number of rotatable bonds is 6. The summed E-state index contributed by atoms with van der Waals surface area (Å²) in [5, 5.41) is 1.20. The first-order chi connectivity index (χ1) is 8.85. The van der Waals surface area contributed by atoms with Gasteiger partial charge >= 0.3 is 0 Å². The minimum atomic E-state index is 1.02. The number of benzene rings is 1. The molecule has 95 valence electrons. The van der Waals surface area contributed by atoms with Crippen molar-refractivity contribution in [2.75, 3.05) is 18.0 Å². The molecule has 0 fully saturated rings. The van der Waals surface area contributed by atoms with E-state index in [1.54, 1.807) is 0 Å². The van der Waals surface area contributed by atoms with Crippen molar-refractivity contribution >= 4 is 16.6 Å². The van der Waals surface area contributed by atoms with E-state index in [4.69, 9.17) is 0 Å². The van der Waals surface area contributed by atoms with Crippen LogP contribution >= 0.6 is 0 Å². The summed E-state index contributed by atoms with van der Waals surface area (Å²) in [6, 6.07) is 10.4. The van der Waals surface area contributed by atoms with Gasteiger partial charge in [-0.3, -0.25) is 0 Å². The molecule has 0 aliphatic heterocycles. The molecule has 2 nitrogen and oxygen atoms in total. The number of aromatic nitrogens is 1. The van der Waals surface area contributed by atoms with Gasteiger partial charge in [0.15, 0.2) is 0 Å². The minimum Gasteiger partial charge on any atom is -0.370 e. The van der Waals surface area contributed by atoms with E-state index in [9.17, 15) is 0 Å². The first-order valence-corrected chi connectivity index (χ1v) is 6.87. The second-order valence-corrected chi connectivity index (χ2v) is 4.65. The van der Waals surface area contributed by atoms with Gasteiger partial charge in [-0.15, -0.1) is 0 Å². The van der Waals surface area contributed by atoms with Gasteiger partial charge in [-0.05, 0) is 25.0 Å². The Balaban J connectivity index is 2.25. The Labute approximate surface area is 110 Å². The zero-order chi connectivity index (χ0) is 12.8. The van der Waals surface area contributed by atoms with E-state index in [1.165, 1.54) is 18.2 Å². The SMILES string of the molecule is CCCCN(CCC)c1[c]nc2ccccc2c1. The molecule has 0 saturated carbocycles. The molecule has 2 heteroatoms. The summed E-state index contributed by atoms with van der Waals surface area (Å²) in [7, 11) is 0. The van der Waals surface area contributed by atoms with Crippen LogP contribution in [-0.4, -0.2) is 18.1 Å². The van der Waals surface area contributed by atoms with E-state index in [0.29, 0.717) is 0 Å². The molecule has 1 heterocycles. The molecular weight excluding hydrogens is 220 g/mol. The molecule has 0 N–H and O–H groups in total. The molecule has 0 spiro atoms. The summed E-state index contributed by atoms with van der Waals surface area (Å²) in [5.41, 5.74) is 2.15. The number of nitrogens with zero attached hydrogens (tertiary/aromatic N) is 2. The molecule has 0 unspecified atom stereocenters. The number of para-hydroxylation sites is 1. The molecule has 2 rings (SSSR count). The average molecular weight is 241 g/mol. The summed E-state index contributed by atoms with van der Waals surface area (Å²) >= 11 is 0. The van der Waals surface area contributed by atoms with Gasteiger partial charge in [0.2, 0.25) is 0 Å². The zero-order valence-electron chi connectivity index (χ0n) is 11.3. The molecule has 0 bridgehead atoms. The number of anilines is 1. The molecule has 0 aliphatic rings. The summed E-state index contributed by atoms with van der Waals surface area (Å²) in [6.45, 7) is 6.62. The van der Waals surface area contributed by atoms with Crippen molar-refractivity contribution in [3.8, 4) is 0 Å².